The molecule has 3 rings (SSSR count). The van der Waals surface area contributed by atoms with Crippen LogP contribution in [0.5, 0.6) is 11.5 Å². The van der Waals surface area contributed by atoms with Gasteiger partial charge in [-0.2, -0.15) is 5.10 Å². The first-order valence-electron chi connectivity index (χ1n) is 8.35. The second-order valence-electron chi connectivity index (χ2n) is 6.53. The molecule has 0 fully saturated rings. The zero-order chi connectivity index (χ0) is 18.0. The Morgan fingerprint density at radius 3 is 2.84 bits per heavy atom. The highest BCUT2D eigenvalue weighted by Crippen LogP contribution is 2.30. The van der Waals surface area contributed by atoms with Crippen LogP contribution in [-0.2, 0) is 6.54 Å². The fourth-order valence-corrected chi connectivity index (χ4v) is 3.07. The maximum atomic E-state index is 12.5. The summed E-state index contributed by atoms with van der Waals surface area (Å²) in [4.78, 5) is 12.5. The summed E-state index contributed by atoms with van der Waals surface area (Å²) in [6.45, 7) is 7.32. The quantitative estimate of drug-likeness (QED) is 0.886. The summed E-state index contributed by atoms with van der Waals surface area (Å²) in [6, 6.07) is 7.48. The summed E-state index contributed by atoms with van der Waals surface area (Å²) in [5.74, 6) is 1.55. The number of hydrogen-bond donors (Lipinski definition) is 1. The Kier molecular flexibility index (Phi) is 5.18. The van der Waals surface area contributed by atoms with Gasteiger partial charge in [-0.1, -0.05) is 37.6 Å². The normalized spacial score (nSPS) is 16.1. The minimum Gasteiger partial charge on any atom is -0.486 e. The number of rotatable bonds is 5. The van der Waals surface area contributed by atoms with Gasteiger partial charge in [0.05, 0.1) is 17.8 Å². The Balaban J connectivity index is 1.63. The first-order valence-corrected chi connectivity index (χ1v) is 8.73. The number of para-hydroxylation sites is 2. The molecule has 1 aliphatic heterocycles. The standard InChI is InChI=1S/C18H22ClN3O3/c1-11(2)9-22-17(19)16(12(3)21-22)18(23)20-8-13-10-24-14-6-4-5-7-15(14)25-13/h4-7,11,13H,8-10H2,1-3H3,(H,20,23)/t13-/m0/s1. The molecule has 25 heavy (non-hydrogen) atoms. The lowest BCUT2D eigenvalue weighted by Gasteiger charge is -2.26. The fourth-order valence-electron chi connectivity index (χ4n) is 2.74. The maximum Gasteiger partial charge on any atom is 0.256 e. The van der Waals surface area contributed by atoms with E-state index >= 15 is 0 Å². The topological polar surface area (TPSA) is 65.4 Å². The van der Waals surface area contributed by atoms with E-state index in [0.29, 0.717) is 47.8 Å². The summed E-state index contributed by atoms with van der Waals surface area (Å²) in [6.07, 6.45) is -0.247. The maximum absolute atomic E-state index is 12.5. The minimum absolute atomic E-state index is 0.247. The van der Waals surface area contributed by atoms with E-state index in [1.165, 1.54) is 0 Å². The Morgan fingerprint density at radius 1 is 1.40 bits per heavy atom. The van der Waals surface area contributed by atoms with Crippen LogP contribution < -0.4 is 14.8 Å². The molecular weight excluding hydrogens is 342 g/mol. The number of benzene rings is 1. The highest BCUT2D eigenvalue weighted by atomic mass is 35.5. The number of ether oxygens (including phenoxy) is 2. The number of carbonyl (C=O) groups excluding carboxylic acids is 1. The molecule has 0 saturated heterocycles. The number of nitrogens with zero attached hydrogens (tertiary/aromatic N) is 2. The molecule has 1 aromatic carbocycles. The van der Waals surface area contributed by atoms with Gasteiger partial charge in [-0.05, 0) is 25.0 Å². The average Bonchev–Trinajstić information content (AvgIpc) is 2.85. The zero-order valence-electron chi connectivity index (χ0n) is 14.6. The number of halogens is 1. The fraction of sp³-hybridized carbons (Fsp3) is 0.444. The van der Waals surface area contributed by atoms with E-state index in [1.54, 1.807) is 11.6 Å². The number of fused-ring (bicyclic) bond motifs is 1. The molecular formula is C18H22ClN3O3. The van der Waals surface area contributed by atoms with Crippen LogP contribution in [0, 0.1) is 12.8 Å². The SMILES string of the molecule is Cc1nn(CC(C)C)c(Cl)c1C(=O)NC[C@H]1COc2ccccc2O1. The van der Waals surface area contributed by atoms with E-state index in [4.69, 9.17) is 21.1 Å². The summed E-state index contributed by atoms with van der Waals surface area (Å²) < 4.78 is 13.2. The smallest absolute Gasteiger partial charge is 0.256 e. The van der Waals surface area contributed by atoms with Crippen LogP contribution in [0.3, 0.4) is 0 Å². The second kappa shape index (κ2) is 7.35. The molecule has 7 heteroatoms. The second-order valence-corrected chi connectivity index (χ2v) is 6.89. The molecule has 1 aliphatic rings. The van der Waals surface area contributed by atoms with Crippen LogP contribution in [0.4, 0.5) is 0 Å². The summed E-state index contributed by atoms with van der Waals surface area (Å²) >= 11 is 6.34. The van der Waals surface area contributed by atoms with Crippen LogP contribution in [-0.4, -0.2) is 34.9 Å². The number of amides is 1. The molecule has 0 radical (unpaired) electrons. The molecule has 2 aromatic rings. The molecule has 0 saturated carbocycles. The summed E-state index contributed by atoms with van der Waals surface area (Å²) in [7, 11) is 0. The van der Waals surface area contributed by atoms with Gasteiger partial charge < -0.3 is 14.8 Å². The van der Waals surface area contributed by atoms with Crippen LogP contribution in [0.1, 0.15) is 29.9 Å². The average molecular weight is 364 g/mol. The van der Waals surface area contributed by atoms with Crippen molar-refractivity contribution in [1.29, 1.82) is 0 Å². The lowest BCUT2D eigenvalue weighted by Crippen LogP contribution is -2.40. The van der Waals surface area contributed by atoms with Crippen LogP contribution in [0.25, 0.3) is 0 Å². The third-order valence-electron chi connectivity index (χ3n) is 3.89. The van der Waals surface area contributed by atoms with Crippen molar-refractivity contribution < 1.29 is 14.3 Å². The summed E-state index contributed by atoms with van der Waals surface area (Å²) in [5.41, 5.74) is 1.04. The molecule has 0 aliphatic carbocycles. The molecule has 1 amide bonds. The Bertz CT molecular complexity index is 773. The molecule has 0 spiro atoms. The Labute approximate surface area is 152 Å². The first kappa shape index (κ1) is 17.6. The molecule has 1 N–H and O–H groups in total. The van der Waals surface area contributed by atoms with Crippen molar-refractivity contribution in [3.8, 4) is 11.5 Å². The van der Waals surface area contributed by atoms with Gasteiger partial charge in [-0.3, -0.25) is 9.48 Å². The molecule has 1 atom stereocenters. The van der Waals surface area contributed by atoms with Gasteiger partial charge in [0.2, 0.25) is 0 Å². The molecule has 0 unspecified atom stereocenters. The van der Waals surface area contributed by atoms with Crippen LogP contribution in [0.15, 0.2) is 24.3 Å². The van der Waals surface area contributed by atoms with E-state index in [9.17, 15) is 4.79 Å². The minimum atomic E-state index is -0.250. The molecule has 6 nitrogen and oxygen atoms in total. The number of hydrogen-bond acceptors (Lipinski definition) is 4. The Morgan fingerprint density at radius 2 is 2.12 bits per heavy atom. The first-order chi connectivity index (χ1) is 12.0. The Hall–Kier alpha value is -2.21. The summed E-state index contributed by atoms with van der Waals surface area (Å²) in [5, 5.41) is 7.60. The number of carbonyl (C=O) groups is 1. The van der Waals surface area contributed by atoms with Gasteiger partial charge in [-0.25, -0.2) is 0 Å². The van der Waals surface area contributed by atoms with Gasteiger partial charge in [0, 0.05) is 6.54 Å². The van der Waals surface area contributed by atoms with Crippen LogP contribution in [0.2, 0.25) is 5.15 Å². The third-order valence-corrected chi connectivity index (χ3v) is 4.27. The predicted octanol–water partition coefficient (Wildman–Crippen LogP) is 3.07. The van der Waals surface area contributed by atoms with Crippen LogP contribution >= 0.6 is 11.6 Å². The molecule has 1 aromatic heterocycles. The van der Waals surface area contributed by atoms with Crippen molar-refractivity contribution in [2.24, 2.45) is 5.92 Å². The largest absolute Gasteiger partial charge is 0.486 e. The van der Waals surface area contributed by atoms with Gasteiger partial charge in [0.15, 0.2) is 11.5 Å². The number of aromatic nitrogens is 2. The van der Waals surface area contributed by atoms with E-state index in [1.807, 2.05) is 24.3 Å². The molecule has 134 valence electrons. The van der Waals surface area contributed by atoms with Crippen molar-refractivity contribution in [3.05, 3.63) is 40.7 Å². The van der Waals surface area contributed by atoms with Gasteiger partial charge in [0.1, 0.15) is 17.9 Å². The van der Waals surface area contributed by atoms with E-state index in [2.05, 4.69) is 24.3 Å². The van der Waals surface area contributed by atoms with E-state index < -0.39 is 0 Å². The lowest BCUT2D eigenvalue weighted by atomic mass is 10.2. The van der Waals surface area contributed by atoms with Crippen molar-refractivity contribution in [3.63, 3.8) is 0 Å². The molecule has 0 bridgehead atoms. The lowest BCUT2D eigenvalue weighted by molar-refractivity contribution is 0.0789. The number of nitrogens with one attached hydrogen (secondary N) is 1. The highest BCUT2D eigenvalue weighted by molar-refractivity contribution is 6.33. The van der Waals surface area contributed by atoms with Gasteiger partial charge >= 0.3 is 0 Å². The van der Waals surface area contributed by atoms with Gasteiger partial charge in [-0.15, -0.1) is 0 Å². The van der Waals surface area contributed by atoms with Crippen molar-refractivity contribution in [2.75, 3.05) is 13.2 Å². The molecule has 2 heterocycles. The van der Waals surface area contributed by atoms with Crippen molar-refractivity contribution >= 4 is 17.5 Å². The van der Waals surface area contributed by atoms with E-state index in [-0.39, 0.29) is 12.0 Å². The van der Waals surface area contributed by atoms with Gasteiger partial charge in [0.25, 0.3) is 5.91 Å². The third kappa shape index (κ3) is 3.90. The number of aryl methyl sites for hydroxylation is 1. The highest BCUT2D eigenvalue weighted by Gasteiger charge is 2.24. The predicted molar refractivity (Wildman–Crippen MR) is 95.5 cm³/mol. The monoisotopic (exact) mass is 363 g/mol. The zero-order valence-corrected chi connectivity index (χ0v) is 15.3. The van der Waals surface area contributed by atoms with Crippen molar-refractivity contribution in [1.82, 2.24) is 15.1 Å². The van der Waals surface area contributed by atoms with Crippen molar-refractivity contribution in [2.45, 2.75) is 33.4 Å². The van der Waals surface area contributed by atoms with E-state index in [0.717, 1.165) is 5.75 Å².